The molecule has 34 heavy (non-hydrogen) atoms. The van der Waals surface area contributed by atoms with Crippen molar-refractivity contribution in [3.05, 3.63) is 88.9 Å². The summed E-state index contributed by atoms with van der Waals surface area (Å²) in [5.74, 6) is 0.0452. The minimum absolute atomic E-state index is 0.0188. The minimum Gasteiger partial charge on any atom is -0.507 e. The lowest BCUT2D eigenvalue weighted by molar-refractivity contribution is -0.140. The maximum absolute atomic E-state index is 13.2. The summed E-state index contributed by atoms with van der Waals surface area (Å²) >= 11 is 0. The highest BCUT2D eigenvalue weighted by molar-refractivity contribution is 6.46. The number of likely N-dealkylation sites (tertiary alicyclic amines) is 1. The third-order valence-electron chi connectivity index (χ3n) is 6.01. The van der Waals surface area contributed by atoms with Gasteiger partial charge >= 0.3 is 0 Å². The molecular weight excluding hydrogens is 434 g/mol. The number of benzene rings is 2. The van der Waals surface area contributed by atoms with Gasteiger partial charge in [0.2, 0.25) is 0 Å². The molecule has 0 aliphatic carbocycles. The number of Topliss-reactive ketones (excluding diaryl/α,β-unsaturated/α-hetero) is 1. The predicted molar refractivity (Wildman–Crippen MR) is 127 cm³/mol. The molecule has 1 unspecified atom stereocenters. The zero-order valence-electron chi connectivity index (χ0n) is 19.6. The van der Waals surface area contributed by atoms with E-state index in [1.54, 1.807) is 50.6 Å². The highest BCUT2D eigenvalue weighted by Gasteiger charge is 2.47. The van der Waals surface area contributed by atoms with Gasteiger partial charge in [-0.1, -0.05) is 32.0 Å². The van der Waals surface area contributed by atoms with Gasteiger partial charge in [-0.15, -0.1) is 0 Å². The Morgan fingerprint density at radius 1 is 1.03 bits per heavy atom. The average Bonchev–Trinajstić information content (AvgIpc) is 3.46. The molecule has 0 saturated carbocycles. The molecule has 7 nitrogen and oxygen atoms in total. The molecule has 176 valence electrons. The summed E-state index contributed by atoms with van der Waals surface area (Å²) in [5, 5.41) is 11.3. The summed E-state index contributed by atoms with van der Waals surface area (Å²) in [6.45, 7) is 4.13. The van der Waals surface area contributed by atoms with Crippen molar-refractivity contribution in [3.8, 4) is 11.5 Å². The first kappa shape index (κ1) is 23.2. The summed E-state index contributed by atoms with van der Waals surface area (Å²) in [4.78, 5) is 27.8. The third kappa shape index (κ3) is 4.05. The van der Waals surface area contributed by atoms with E-state index in [-0.39, 0.29) is 23.8 Å². The standard InChI is InChI=1S/C27H27NO6/c1-16(2)19-14-17(11-12-21(19)33-4)25(29)23-24(22-10-7-13-34-22)28(27(31)26(23)30)15-18-8-5-6-9-20(18)32-3/h5-14,16,24,29H,15H2,1-4H3/b25-23-. The van der Waals surface area contributed by atoms with E-state index in [0.717, 1.165) is 11.1 Å². The van der Waals surface area contributed by atoms with Crippen molar-refractivity contribution >= 4 is 17.4 Å². The molecule has 0 bridgehead atoms. The van der Waals surface area contributed by atoms with Crippen molar-refractivity contribution in [1.29, 1.82) is 0 Å². The number of amides is 1. The van der Waals surface area contributed by atoms with Crippen molar-refractivity contribution in [3.63, 3.8) is 0 Å². The number of aliphatic hydroxyl groups excluding tert-OH is 1. The Bertz CT molecular complexity index is 1240. The number of aliphatic hydroxyl groups is 1. The van der Waals surface area contributed by atoms with Gasteiger partial charge in [0, 0.05) is 11.1 Å². The lowest BCUT2D eigenvalue weighted by Crippen LogP contribution is -2.29. The van der Waals surface area contributed by atoms with Crippen LogP contribution in [0.25, 0.3) is 5.76 Å². The predicted octanol–water partition coefficient (Wildman–Crippen LogP) is 5.04. The molecule has 1 aliphatic rings. The van der Waals surface area contributed by atoms with E-state index in [1.165, 1.54) is 11.2 Å². The van der Waals surface area contributed by atoms with Crippen molar-refractivity contribution in [2.75, 3.05) is 14.2 Å². The smallest absolute Gasteiger partial charge is 0.296 e. The maximum Gasteiger partial charge on any atom is 0.296 e. The Morgan fingerprint density at radius 2 is 1.76 bits per heavy atom. The lowest BCUT2D eigenvalue weighted by atomic mass is 9.95. The van der Waals surface area contributed by atoms with Crippen LogP contribution in [0.2, 0.25) is 0 Å². The molecule has 7 heteroatoms. The van der Waals surface area contributed by atoms with Crippen LogP contribution in [0.5, 0.6) is 11.5 Å². The molecule has 3 aromatic rings. The molecule has 1 saturated heterocycles. The van der Waals surface area contributed by atoms with Gasteiger partial charge in [0.25, 0.3) is 11.7 Å². The number of ketones is 1. The zero-order valence-corrected chi connectivity index (χ0v) is 19.6. The molecular formula is C27H27NO6. The van der Waals surface area contributed by atoms with Crippen LogP contribution in [0, 0.1) is 0 Å². The highest BCUT2D eigenvalue weighted by Crippen LogP contribution is 2.42. The Kier molecular flexibility index (Phi) is 6.45. The molecule has 1 aliphatic heterocycles. The summed E-state index contributed by atoms with van der Waals surface area (Å²) < 4.78 is 16.5. The second-order valence-electron chi connectivity index (χ2n) is 8.37. The summed E-state index contributed by atoms with van der Waals surface area (Å²) in [7, 11) is 3.13. The van der Waals surface area contributed by atoms with Gasteiger partial charge in [0.05, 0.1) is 32.6 Å². The Labute approximate surface area is 198 Å². The fourth-order valence-electron chi connectivity index (χ4n) is 4.29. The largest absolute Gasteiger partial charge is 0.507 e. The number of methoxy groups -OCH3 is 2. The fraction of sp³-hybridized carbons (Fsp3) is 0.259. The van der Waals surface area contributed by atoms with E-state index in [4.69, 9.17) is 13.9 Å². The van der Waals surface area contributed by atoms with Gasteiger partial charge in [0.15, 0.2) is 0 Å². The van der Waals surface area contributed by atoms with Crippen LogP contribution < -0.4 is 9.47 Å². The van der Waals surface area contributed by atoms with E-state index in [0.29, 0.717) is 22.8 Å². The number of para-hydroxylation sites is 1. The highest BCUT2D eigenvalue weighted by atomic mass is 16.5. The Balaban J connectivity index is 1.85. The zero-order chi connectivity index (χ0) is 24.4. The van der Waals surface area contributed by atoms with Crippen molar-refractivity contribution < 1.29 is 28.6 Å². The van der Waals surface area contributed by atoms with Crippen LogP contribution >= 0.6 is 0 Å². The number of rotatable bonds is 7. The lowest BCUT2D eigenvalue weighted by Gasteiger charge is -2.24. The van der Waals surface area contributed by atoms with E-state index in [1.807, 2.05) is 32.0 Å². The number of carbonyl (C=O) groups excluding carboxylic acids is 2. The van der Waals surface area contributed by atoms with Gasteiger partial charge in [-0.25, -0.2) is 0 Å². The van der Waals surface area contributed by atoms with Gasteiger partial charge in [-0.2, -0.15) is 0 Å². The second kappa shape index (κ2) is 9.47. The number of carbonyl (C=O) groups is 2. The van der Waals surface area contributed by atoms with E-state index in [2.05, 4.69) is 0 Å². The molecule has 1 fully saturated rings. The monoisotopic (exact) mass is 461 g/mol. The van der Waals surface area contributed by atoms with E-state index in [9.17, 15) is 14.7 Å². The van der Waals surface area contributed by atoms with Crippen LogP contribution in [0.15, 0.2) is 70.9 Å². The topological polar surface area (TPSA) is 89.2 Å². The minimum atomic E-state index is -0.885. The first-order valence-electron chi connectivity index (χ1n) is 11.0. The molecule has 2 heterocycles. The van der Waals surface area contributed by atoms with Crippen LogP contribution in [0.1, 0.15) is 48.3 Å². The summed E-state index contributed by atoms with van der Waals surface area (Å²) in [5.41, 5.74) is 2.02. The quantitative estimate of drug-likeness (QED) is 0.301. The van der Waals surface area contributed by atoms with Crippen molar-refractivity contribution in [1.82, 2.24) is 4.90 Å². The molecule has 4 rings (SSSR count). The van der Waals surface area contributed by atoms with Gasteiger partial charge in [-0.05, 0) is 47.9 Å². The molecule has 1 atom stereocenters. The van der Waals surface area contributed by atoms with Gasteiger partial charge < -0.3 is 23.9 Å². The first-order chi connectivity index (χ1) is 16.4. The second-order valence-corrected chi connectivity index (χ2v) is 8.37. The average molecular weight is 462 g/mol. The summed E-state index contributed by atoms with van der Waals surface area (Å²) in [6, 6.07) is 15.0. The molecule has 0 spiro atoms. The normalized spacial score (nSPS) is 17.4. The third-order valence-corrected chi connectivity index (χ3v) is 6.01. The van der Waals surface area contributed by atoms with E-state index < -0.39 is 17.7 Å². The van der Waals surface area contributed by atoms with Crippen LogP contribution in [0.3, 0.4) is 0 Å². The number of nitrogens with zero attached hydrogens (tertiary/aromatic N) is 1. The van der Waals surface area contributed by atoms with Crippen molar-refractivity contribution in [2.45, 2.75) is 32.4 Å². The summed E-state index contributed by atoms with van der Waals surface area (Å²) in [6.07, 6.45) is 1.48. The van der Waals surface area contributed by atoms with E-state index >= 15 is 0 Å². The maximum atomic E-state index is 13.2. The van der Waals surface area contributed by atoms with Crippen LogP contribution in [0.4, 0.5) is 0 Å². The number of hydrogen-bond acceptors (Lipinski definition) is 6. The first-order valence-corrected chi connectivity index (χ1v) is 11.0. The molecule has 1 amide bonds. The molecule has 1 N–H and O–H groups in total. The SMILES string of the molecule is COc1ccccc1CN1C(=O)C(=O)/C(=C(\O)c2ccc(OC)c(C(C)C)c2)C1c1ccco1. The Morgan fingerprint density at radius 3 is 2.41 bits per heavy atom. The molecule has 0 radical (unpaired) electrons. The van der Waals surface area contributed by atoms with Crippen LogP contribution in [-0.4, -0.2) is 35.9 Å². The van der Waals surface area contributed by atoms with Gasteiger partial charge in [-0.3, -0.25) is 9.59 Å². The number of furan rings is 1. The molecule has 1 aromatic heterocycles. The van der Waals surface area contributed by atoms with Crippen LogP contribution in [-0.2, 0) is 16.1 Å². The Hall–Kier alpha value is -4.00. The fourth-order valence-corrected chi connectivity index (χ4v) is 4.29. The number of hydrogen-bond donors (Lipinski definition) is 1. The number of ether oxygens (including phenoxy) is 2. The van der Waals surface area contributed by atoms with Crippen molar-refractivity contribution in [2.24, 2.45) is 0 Å². The van der Waals surface area contributed by atoms with Gasteiger partial charge in [0.1, 0.15) is 29.1 Å². The molecule has 2 aromatic carbocycles.